The fraction of sp³-hybridized carbons (Fsp3) is 0.316. The van der Waals surface area contributed by atoms with E-state index in [4.69, 9.17) is 4.84 Å². The summed E-state index contributed by atoms with van der Waals surface area (Å²) in [5.74, 6) is -0.248. The number of carbonyl (C=O) groups excluding carboxylic acids is 1. The van der Waals surface area contributed by atoms with Crippen molar-refractivity contribution in [2.24, 2.45) is 0 Å². The molecule has 140 valence electrons. The Labute approximate surface area is 155 Å². The van der Waals surface area contributed by atoms with Crippen LogP contribution in [0, 0.1) is 0 Å². The average molecular weight is 376 g/mol. The number of hydrogen-bond acceptors (Lipinski definition) is 4. The minimum Gasteiger partial charge on any atom is -0.337 e. The zero-order valence-corrected chi connectivity index (χ0v) is 16.3. The maximum Gasteiger partial charge on any atom is 0.264 e. The van der Waals surface area contributed by atoms with E-state index in [1.165, 1.54) is 31.9 Å². The highest BCUT2D eigenvalue weighted by molar-refractivity contribution is 7.89. The van der Waals surface area contributed by atoms with Gasteiger partial charge in [0.25, 0.3) is 15.9 Å². The molecule has 0 saturated heterocycles. The number of nitrogens with zero attached hydrogens (tertiary/aromatic N) is 2. The molecule has 0 aromatic heterocycles. The summed E-state index contributed by atoms with van der Waals surface area (Å²) in [6, 6.07) is 14.0. The van der Waals surface area contributed by atoms with E-state index in [1.807, 2.05) is 24.3 Å². The predicted octanol–water partition coefficient (Wildman–Crippen LogP) is 2.70. The molecule has 7 heteroatoms. The van der Waals surface area contributed by atoms with Crippen LogP contribution in [0.2, 0.25) is 0 Å². The molecule has 0 aliphatic heterocycles. The van der Waals surface area contributed by atoms with Crippen molar-refractivity contribution < 1.29 is 18.0 Å². The Morgan fingerprint density at radius 1 is 1.04 bits per heavy atom. The molecule has 0 aliphatic carbocycles. The molecule has 0 atom stereocenters. The van der Waals surface area contributed by atoms with Gasteiger partial charge in [0.1, 0.15) is 0 Å². The van der Waals surface area contributed by atoms with Crippen molar-refractivity contribution >= 4 is 15.9 Å². The first kappa shape index (κ1) is 20.1. The minimum atomic E-state index is -3.80. The van der Waals surface area contributed by atoms with Gasteiger partial charge in [-0.15, -0.1) is 0 Å². The first-order chi connectivity index (χ1) is 12.3. The summed E-state index contributed by atoms with van der Waals surface area (Å²) in [6.45, 7) is 2.53. The first-order valence-electron chi connectivity index (χ1n) is 8.26. The summed E-state index contributed by atoms with van der Waals surface area (Å²) < 4.78 is 25.4. The van der Waals surface area contributed by atoms with Crippen molar-refractivity contribution in [2.75, 3.05) is 21.2 Å². The molecule has 6 nitrogen and oxygen atoms in total. The van der Waals surface area contributed by atoms with Gasteiger partial charge < -0.3 is 4.90 Å². The van der Waals surface area contributed by atoms with Gasteiger partial charge in [-0.3, -0.25) is 9.63 Å². The van der Waals surface area contributed by atoms with Crippen LogP contribution in [0.1, 0.15) is 28.4 Å². The monoisotopic (exact) mass is 376 g/mol. The SMILES string of the molecule is CCc1ccc(CN(C)C(=O)c2cccc(S(=O)(=O)N(C)OC)c2)cc1. The normalized spacial score (nSPS) is 11.6. The summed E-state index contributed by atoms with van der Waals surface area (Å²) in [4.78, 5) is 19.0. The van der Waals surface area contributed by atoms with E-state index in [1.54, 1.807) is 24.1 Å². The number of rotatable bonds is 7. The molecule has 0 fully saturated rings. The Balaban J connectivity index is 2.19. The van der Waals surface area contributed by atoms with Crippen molar-refractivity contribution in [3.05, 3.63) is 65.2 Å². The quantitative estimate of drug-likeness (QED) is 0.697. The molecule has 0 unspecified atom stereocenters. The smallest absolute Gasteiger partial charge is 0.264 e. The fourth-order valence-corrected chi connectivity index (χ4v) is 3.50. The van der Waals surface area contributed by atoms with Gasteiger partial charge in [-0.25, -0.2) is 8.42 Å². The summed E-state index contributed by atoms with van der Waals surface area (Å²) in [6.07, 6.45) is 0.965. The van der Waals surface area contributed by atoms with Crippen LogP contribution in [0.15, 0.2) is 53.4 Å². The molecular formula is C19H24N2O4S. The van der Waals surface area contributed by atoms with Crippen molar-refractivity contribution in [1.82, 2.24) is 9.37 Å². The number of hydroxylamine groups is 1. The molecule has 2 aromatic carbocycles. The maximum absolute atomic E-state index is 12.7. The lowest BCUT2D eigenvalue weighted by Gasteiger charge is -2.19. The third kappa shape index (κ3) is 4.49. The highest BCUT2D eigenvalue weighted by atomic mass is 32.2. The Bertz CT molecular complexity index is 863. The van der Waals surface area contributed by atoms with Gasteiger partial charge in [0.2, 0.25) is 0 Å². The minimum absolute atomic E-state index is 0.00778. The second kappa shape index (κ2) is 8.44. The molecule has 0 saturated carbocycles. The maximum atomic E-state index is 12.7. The standard InChI is InChI=1S/C19H24N2O4S/c1-5-15-9-11-16(12-10-15)14-20(2)19(22)17-7-6-8-18(13-17)26(23,24)21(3)25-4/h6-13H,5,14H2,1-4H3. The highest BCUT2D eigenvalue weighted by Gasteiger charge is 2.22. The van der Waals surface area contributed by atoms with Gasteiger partial charge in [-0.05, 0) is 35.7 Å². The zero-order chi connectivity index (χ0) is 19.3. The Morgan fingerprint density at radius 2 is 1.65 bits per heavy atom. The average Bonchev–Trinajstić information content (AvgIpc) is 2.67. The Morgan fingerprint density at radius 3 is 2.23 bits per heavy atom. The van der Waals surface area contributed by atoms with Crippen molar-refractivity contribution in [3.8, 4) is 0 Å². The summed E-state index contributed by atoms with van der Waals surface area (Å²) in [7, 11) is 0.465. The van der Waals surface area contributed by atoms with E-state index in [2.05, 4.69) is 6.92 Å². The van der Waals surface area contributed by atoms with E-state index >= 15 is 0 Å². The van der Waals surface area contributed by atoms with E-state index in [-0.39, 0.29) is 10.8 Å². The molecule has 0 heterocycles. The number of benzene rings is 2. The van der Waals surface area contributed by atoms with Gasteiger partial charge in [-0.2, -0.15) is 0 Å². The number of aryl methyl sites for hydroxylation is 1. The molecule has 1 amide bonds. The summed E-state index contributed by atoms with van der Waals surface area (Å²) >= 11 is 0. The number of sulfonamides is 1. The zero-order valence-electron chi connectivity index (χ0n) is 15.5. The molecule has 26 heavy (non-hydrogen) atoms. The lowest BCUT2D eigenvalue weighted by Crippen LogP contribution is -2.28. The topological polar surface area (TPSA) is 66.9 Å². The van der Waals surface area contributed by atoms with E-state index in [0.29, 0.717) is 12.1 Å². The molecule has 0 aliphatic rings. The molecule has 2 rings (SSSR count). The highest BCUT2D eigenvalue weighted by Crippen LogP contribution is 2.17. The van der Waals surface area contributed by atoms with Crippen molar-refractivity contribution in [2.45, 2.75) is 24.8 Å². The number of carbonyl (C=O) groups is 1. The number of hydrogen-bond donors (Lipinski definition) is 0. The lowest BCUT2D eigenvalue weighted by atomic mass is 10.1. The Hall–Kier alpha value is -2.22. The van der Waals surface area contributed by atoms with Crippen LogP contribution in [0.5, 0.6) is 0 Å². The van der Waals surface area contributed by atoms with Gasteiger partial charge in [0.05, 0.1) is 12.0 Å². The van der Waals surface area contributed by atoms with Crippen molar-refractivity contribution in [1.29, 1.82) is 0 Å². The van der Waals surface area contributed by atoms with E-state index in [9.17, 15) is 13.2 Å². The Kier molecular flexibility index (Phi) is 6.52. The molecule has 2 aromatic rings. The summed E-state index contributed by atoms with van der Waals surface area (Å²) in [5, 5.41) is 0. The largest absolute Gasteiger partial charge is 0.337 e. The van der Waals surface area contributed by atoms with Crippen molar-refractivity contribution in [3.63, 3.8) is 0 Å². The van der Waals surface area contributed by atoms with Crippen LogP contribution in [-0.4, -0.2) is 44.9 Å². The molecule has 0 N–H and O–H groups in total. The molecule has 0 spiro atoms. The third-order valence-corrected chi connectivity index (χ3v) is 5.85. The lowest BCUT2D eigenvalue weighted by molar-refractivity contribution is -0.0258. The van der Waals surface area contributed by atoms with Crippen LogP contribution in [-0.2, 0) is 27.8 Å². The van der Waals surface area contributed by atoms with Crippen LogP contribution < -0.4 is 0 Å². The predicted molar refractivity (Wildman–Crippen MR) is 100 cm³/mol. The van der Waals surface area contributed by atoms with E-state index < -0.39 is 10.0 Å². The first-order valence-corrected chi connectivity index (χ1v) is 9.70. The van der Waals surface area contributed by atoms with Crippen LogP contribution in [0.4, 0.5) is 0 Å². The van der Waals surface area contributed by atoms with Gasteiger partial charge in [0.15, 0.2) is 0 Å². The van der Waals surface area contributed by atoms with Gasteiger partial charge >= 0.3 is 0 Å². The van der Waals surface area contributed by atoms with E-state index in [0.717, 1.165) is 16.5 Å². The van der Waals surface area contributed by atoms with Gasteiger partial charge in [0, 0.05) is 26.2 Å². The second-order valence-corrected chi connectivity index (χ2v) is 7.89. The van der Waals surface area contributed by atoms with Gasteiger partial charge in [-0.1, -0.05) is 41.7 Å². The second-order valence-electron chi connectivity index (χ2n) is 5.96. The van der Waals surface area contributed by atoms with Crippen LogP contribution in [0.3, 0.4) is 0 Å². The van der Waals surface area contributed by atoms with Crippen LogP contribution in [0.25, 0.3) is 0 Å². The summed E-state index contributed by atoms with van der Waals surface area (Å²) in [5.41, 5.74) is 2.56. The molecule has 0 radical (unpaired) electrons. The number of amides is 1. The molecule has 0 bridgehead atoms. The fourth-order valence-electron chi connectivity index (χ4n) is 2.48. The molecular weight excluding hydrogens is 352 g/mol. The van der Waals surface area contributed by atoms with Crippen LogP contribution >= 0.6 is 0 Å². The third-order valence-electron chi connectivity index (χ3n) is 4.17.